The number of carbonyl (C=O) groups is 1. The van der Waals surface area contributed by atoms with Crippen LogP contribution < -0.4 is 9.47 Å². The Morgan fingerprint density at radius 2 is 1.96 bits per heavy atom. The van der Waals surface area contributed by atoms with Gasteiger partial charge in [-0.2, -0.15) is 0 Å². The number of benzene rings is 2. The topological polar surface area (TPSA) is 38.8 Å². The molecule has 1 amide bonds. The summed E-state index contributed by atoms with van der Waals surface area (Å²) in [5, 5.41) is 1.93. The molecule has 126 valence electrons. The first-order chi connectivity index (χ1) is 11.6. The third kappa shape index (κ3) is 2.96. The molecule has 1 heterocycles. The van der Waals surface area contributed by atoms with Crippen molar-refractivity contribution in [3.63, 3.8) is 0 Å². The Kier molecular flexibility index (Phi) is 4.96. The maximum Gasteiger partial charge on any atom is 0.241 e. The predicted molar refractivity (Wildman–Crippen MR) is 102 cm³/mol. The molecule has 2 aromatic carbocycles. The number of thiocarbonyl (C=S) groups is 1. The Balaban J connectivity index is 2.04. The average Bonchev–Trinajstić information content (AvgIpc) is 2.87. The maximum absolute atomic E-state index is 12.6. The summed E-state index contributed by atoms with van der Waals surface area (Å²) in [6.07, 6.45) is 0.577. The van der Waals surface area contributed by atoms with Crippen LogP contribution in [0.4, 0.5) is 0 Å². The van der Waals surface area contributed by atoms with Crippen molar-refractivity contribution in [3.8, 4) is 11.5 Å². The van der Waals surface area contributed by atoms with E-state index in [0.717, 1.165) is 27.8 Å². The number of hydrogen-bond donors (Lipinski definition) is 0. The van der Waals surface area contributed by atoms with E-state index >= 15 is 0 Å². The van der Waals surface area contributed by atoms with Crippen LogP contribution in [0.25, 0.3) is 10.8 Å². The third-order valence-corrected chi connectivity index (χ3v) is 5.81. The minimum Gasteiger partial charge on any atom is -0.497 e. The lowest BCUT2D eigenvalue weighted by Gasteiger charge is -2.16. The highest BCUT2D eigenvalue weighted by molar-refractivity contribution is 8.24. The molecule has 0 aliphatic carbocycles. The molecule has 1 saturated heterocycles. The predicted octanol–water partition coefficient (Wildman–Crippen LogP) is 3.65. The van der Waals surface area contributed by atoms with Gasteiger partial charge in [-0.25, -0.2) is 0 Å². The Labute approximate surface area is 151 Å². The van der Waals surface area contributed by atoms with Gasteiger partial charge in [-0.3, -0.25) is 9.69 Å². The van der Waals surface area contributed by atoms with Crippen LogP contribution in [-0.2, 0) is 11.2 Å². The summed E-state index contributed by atoms with van der Waals surface area (Å²) in [7, 11) is 3.30. The fourth-order valence-corrected chi connectivity index (χ4v) is 4.60. The second-order valence-electron chi connectivity index (χ2n) is 5.49. The first-order valence-corrected chi connectivity index (χ1v) is 9.03. The number of thioether (sulfide) groups is 1. The molecule has 0 N–H and O–H groups in total. The lowest BCUT2D eigenvalue weighted by molar-refractivity contribution is -0.125. The van der Waals surface area contributed by atoms with Crippen molar-refractivity contribution in [2.75, 3.05) is 20.8 Å². The number of amides is 1. The number of nitrogens with zero attached hydrogens (tertiary/aromatic N) is 1. The lowest BCUT2D eigenvalue weighted by atomic mass is 9.99. The van der Waals surface area contributed by atoms with Gasteiger partial charge in [-0.05, 0) is 42.3 Å². The van der Waals surface area contributed by atoms with E-state index in [1.54, 1.807) is 19.1 Å². The van der Waals surface area contributed by atoms with Crippen molar-refractivity contribution in [1.29, 1.82) is 0 Å². The molecule has 0 unspecified atom stereocenters. The number of methoxy groups -OCH3 is 2. The minimum atomic E-state index is -0.205. The highest BCUT2D eigenvalue weighted by atomic mass is 32.2. The van der Waals surface area contributed by atoms with Gasteiger partial charge in [-0.1, -0.05) is 36.1 Å². The second-order valence-corrected chi connectivity index (χ2v) is 7.33. The number of fused-ring (bicyclic) bond motifs is 1. The summed E-state index contributed by atoms with van der Waals surface area (Å²) < 4.78 is 11.6. The maximum atomic E-state index is 12.6. The van der Waals surface area contributed by atoms with Crippen molar-refractivity contribution >= 4 is 45.0 Å². The Morgan fingerprint density at radius 1 is 1.21 bits per heavy atom. The molecular weight excluding hydrogens is 342 g/mol. The summed E-state index contributed by atoms with van der Waals surface area (Å²) in [6, 6.07) is 9.91. The van der Waals surface area contributed by atoms with E-state index in [1.165, 1.54) is 11.8 Å². The van der Waals surface area contributed by atoms with Gasteiger partial charge >= 0.3 is 0 Å². The van der Waals surface area contributed by atoms with Gasteiger partial charge in [0.25, 0.3) is 0 Å². The van der Waals surface area contributed by atoms with E-state index in [-0.39, 0.29) is 11.2 Å². The molecule has 1 aliphatic rings. The van der Waals surface area contributed by atoms with Crippen molar-refractivity contribution in [3.05, 3.63) is 35.9 Å². The van der Waals surface area contributed by atoms with Crippen LogP contribution in [0.2, 0.25) is 0 Å². The zero-order chi connectivity index (χ0) is 17.3. The van der Waals surface area contributed by atoms with E-state index in [2.05, 4.69) is 0 Å². The highest BCUT2D eigenvalue weighted by Crippen LogP contribution is 2.36. The van der Waals surface area contributed by atoms with Gasteiger partial charge in [0.05, 0.1) is 19.5 Å². The summed E-state index contributed by atoms with van der Waals surface area (Å²) in [5.41, 5.74) is 1.01. The first kappa shape index (κ1) is 17.0. The SMILES string of the molecule is CCN1C(=O)[C@@H](Cc2c(OC)ccc3ccc(OC)cc23)SC1=S. The average molecular weight is 361 g/mol. The first-order valence-electron chi connectivity index (χ1n) is 7.74. The van der Waals surface area contributed by atoms with Gasteiger partial charge < -0.3 is 9.47 Å². The van der Waals surface area contributed by atoms with Gasteiger partial charge in [0.15, 0.2) is 0 Å². The highest BCUT2D eigenvalue weighted by Gasteiger charge is 2.36. The third-order valence-electron chi connectivity index (χ3n) is 4.23. The fourth-order valence-electron chi connectivity index (χ4n) is 2.97. The second kappa shape index (κ2) is 6.99. The summed E-state index contributed by atoms with van der Waals surface area (Å²) in [4.78, 5) is 14.2. The number of carbonyl (C=O) groups excluding carboxylic acids is 1. The molecule has 1 fully saturated rings. The van der Waals surface area contributed by atoms with Crippen LogP contribution in [0.1, 0.15) is 12.5 Å². The number of ether oxygens (including phenoxy) is 2. The quantitative estimate of drug-likeness (QED) is 0.760. The van der Waals surface area contributed by atoms with Crippen LogP contribution in [0.15, 0.2) is 30.3 Å². The minimum absolute atomic E-state index is 0.0782. The molecular formula is C18H19NO3S2. The van der Waals surface area contributed by atoms with Crippen LogP contribution in [0.5, 0.6) is 11.5 Å². The molecule has 1 aliphatic heterocycles. The van der Waals surface area contributed by atoms with Gasteiger partial charge in [0, 0.05) is 12.1 Å². The molecule has 6 heteroatoms. The van der Waals surface area contributed by atoms with E-state index < -0.39 is 0 Å². The molecule has 4 nitrogen and oxygen atoms in total. The van der Waals surface area contributed by atoms with E-state index in [0.29, 0.717) is 17.3 Å². The molecule has 0 radical (unpaired) electrons. The standard InChI is InChI=1S/C18H19NO3S2/c1-4-19-17(20)16(24-18(19)23)10-14-13-9-12(21-2)7-5-11(13)6-8-15(14)22-3/h5-9,16H,4,10H2,1-3H3/t16-/m1/s1. The normalized spacial score (nSPS) is 17.6. The van der Waals surface area contributed by atoms with Crippen molar-refractivity contribution < 1.29 is 14.3 Å². The van der Waals surface area contributed by atoms with Crippen LogP contribution in [-0.4, -0.2) is 41.1 Å². The summed E-state index contributed by atoms with van der Waals surface area (Å²) >= 11 is 6.78. The number of rotatable bonds is 5. The van der Waals surface area contributed by atoms with Gasteiger partial charge in [-0.15, -0.1) is 0 Å². The zero-order valence-corrected chi connectivity index (χ0v) is 15.5. The van der Waals surface area contributed by atoms with Gasteiger partial charge in [0.2, 0.25) is 5.91 Å². The van der Waals surface area contributed by atoms with Crippen molar-refractivity contribution in [1.82, 2.24) is 4.90 Å². The lowest BCUT2D eigenvalue weighted by Crippen LogP contribution is -2.31. The van der Waals surface area contributed by atoms with Crippen LogP contribution >= 0.6 is 24.0 Å². The fraction of sp³-hybridized carbons (Fsp3) is 0.333. The molecule has 0 aromatic heterocycles. The Hall–Kier alpha value is -1.79. The van der Waals surface area contributed by atoms with Crippen LogP contribution in [0, 0.1) is 0 Å². The van der Waals surface area contributed by atoms with Crippen LogP contribution in [0.3, 0.4) is 0 Å². The molecule has 3 rings (SSSR count). The van der Waals surface area contributed by atoms with Crippen molar-refractivity contribution in [2.24, 2.45) is 0 Å². The molecule has 0 saturated carbocycles. The van der Waals surface area contributed by atoms with Crippen molar-refractivity contribution in [2.45, 2.75) is 18.6 Å². The summed E-state index contributed by atoms with van der Waals surface area (Å²) in [5.74, 6) is 1.65. The molecule has 24 heavy (non-hydrogen) atoms. The smallest absolute Gasteiger partial charge is 0.241 e. The van der Waals surface area contributed by atoms with E-state index in [4.69, 9.17) is 21.7 Å². The van der Waals surface area contributed by atoms with E-state index in [1.807, 2.05) is 37.3 Å². The molecule has 0 spiro atoms. The molecule has 2 aromatic rings. The van der Waals surface area contributed by atoms with Gasteiger partial charge in [0.1, 0.15) is 15.8 Å². The monoisotopic (exact) mass is 361 g/mol. The largest absolute Gasteiger partial charge is 0.497 e. The zero-order valence-electron chi connectivity index (χ0n) is 13.9. The molecule has 1 atom stereocenters. The number of hydrogen-bond acceptors (Lipinski definition) is 5. The molecule has 0 bridgehead atoms. The Morgan fingerprint density at radius 3 is 2.58 bits per heavy atom. The van der Waals surface area contributed by atoms with E-state index in [9.17, 15) is 4.79 Å². The summed E-state index contributed by atoms with van der Waals surface area (Å²) in [6.45, 7) is 2.55. The Bertz CT molecular complexity index is 801.